The molecule has 1 heterocycles. The molecule has 1 aromatic rings. The maximum Gasteiger partial charge on any atom is 0.417 e. The van der Waals surface area contributed by atoms with Crippen LogP contribution in [0.4, 0.5) is 18.9 Å². The maximum atomic E-state index is 12.5. The molecule has 5 nitrogen and oxygen atoms in total. The summed E-state index contributed by atoms with van der Waals surface area (Å²) in [6.45, 7) is 5.11. The van der Waals surface area contributed by atoms with E-state index in [0.29, 0.717) is 12.3 Å². The van der Waals surface area contributed by atoms with Crippen LogP contribution in [-0.4, -0.2) is 16.9 Å². The summed E-state index contributed by atoms with van der Waals surface area (Å²) < 4.78 is 37.6. The molecule has 0 saturated carbocycles. The molecule has 0 unspecified atom stereocenters. The number of carbonyl (C=O) groups is 1. The van der Waals surface area contributed by atoms with Crippen molar-refractivity contribution in [2.24, 2.45) is 11.1 Å². The van der Waals surface area contributed by atoms with E-state index in [4.69, 9.17) is 5.73 Å². The molecule has 0 radical (unpaired) electrons. The van der Waals surface area contributed by atoms with Gasteiger partial charge in [-0.15, -0.1) is 12.4 Å². The third-order valence-corrected chi connectivity index (χ3v) is 2.70. The average molecular weight is 328 g/mol. The van der Waals surface area contributed by atoms with Gasteiger partial charge in [0.2, 0.25) is 5.91 Å². The number of anilines is 1. The summed E-state index contributed by atoms with van der Waals surface area (Å²) in [5.74, 6) is -0.720. The van der Waals surface area contributed by atoms with E-state index in [1.165, 1.54) is 0 Å². The largest absolute Gasteiger partial charge is 0.417 e. The van der Waals surface area contributed by atoms with Crippen LogP contribution >= 0.6 is 12.4 Å². The van der Waals surface area contributed by atoms with Crippen LogP contribution in [0.1, 0.15) is 26.3 Å². The lowest BCUT2D eigenvalue weighted by molar-refractivity contribution is -0.137. The summed E-state index contributed by atoms with van der Waals surface area (Å²) >= 11 is 0. The van der Waals surface area contributed by atoms with E-state index >= 15 is 0 Å². The lowest BCUT2D eigenvalue weighted by Gasteiger charge is -2.25. The van der Waals surface area contributed by atoms with Crippen molar-refractivity contribution in [1.82, 2.24) is 4.98 Å². The first-order valence-electron chi connectivity index (χ1n) is 5.79. The molecule has 0 bridgehead atoms. The number of hydrogen-bond donors (Lipinski definition) is 3. The fourth-order valence-electron chi connectivity index (χ4n) is 1.34. The normalized spacial score (nSPS) is 13.3. The smallest absolute Gasteiger partial charge is 0.327 e. The first-order chi connectivity index (χ1) is 8.93. The molecule has 0 aliphatic heterocycles. The van der Waals surface area contributed by atoms with Gasteiger partial charge in [0, 0.05) is 6.20 Å². The van der Waals surface area contributed by atoms with Crippen molar-refractivity contribution in [3.63, 3.8) is 0 Å². The molecule has 21 heavy (non-hydrogen) atoms. The van der Waals surface area contributed by atoms with Gasteiger partial charge < -0.3 is 16.0 Å². The molecule has 0 spiro atoms. The Balaban J connectivity index is 0.00000400. The van der Waals surface area contributed by atoms with E-state index in [2.05, 4.69) is 5.32 Å². The van der Waals surface area contributed by atoms with Gasteiger partial charge >= 0.3 is 6.18 Å². The highest BCUT2D eigenvalue weighted by atomic mass is 35.5. The number of hydrogen-bond acceptors (Lipinski definition) is 3. The minimum atomic E-state index is -4.62. The van der Waals surface area contributed by atoms with Crippen LogP contribution in [-0.2, 0) is 11.0 Å². The van der Waals surface area contributed by atoms with Crippen molar-refractivity contribution in [2.75, 3.05) is 5.32 Å². The Bertz CT molecular complexity index is 564. The first-order valence-corrected chi connectivity index (χ1v) is 5.79. The topological polar surface area (TPSA) is 88.0 Å². The minimum Gasteiger partial charge on any atom is -0.327 e. The van der Waals surface area contributed by atoms with E-state index in [1.54, 1.807) is 20.8 Å². The summed E-state index contributed by atoms with van der Waals surface area (Å²) in [6.07, 6.45) is -4.07. The molecule has 0 aromatic carbocycles. The Morgan fingerprint density at radius 1 is 1.33 bits per heavy atom. The Labute approximate surface area is 125 Å². The molecular weight excluding hydrogens is 311 g/mol. The number of pyridine rings is 1. The molecule has 0 saturated heterocycles. The first kappa shape index (κ1) is 19.5. The highest BCUT2D eigenvalue weighted by Crippen LogP contribution is 2.29. The van der Waals surface area contributed by atoms with Crippen molar-refractivity contribution < 1.29 is 18.0 Å². The van der Waals surface area contributed by atoms with Gasteiger partial charge in [-0.3, -0.25) is 9.59 Å². The lowest BCUT2D eigenvalue weighted by Crippen LogP contribution is -2.46. The number of nitrogens with two attached hydrogens (primary N) is 1. The van der Waals surface area contributed by atoms with Crippen molar-refractivity contribution in [3.05, 3.63) is 28.2 Å². The zero-order valence-electron chi connectivity index (χ0n) is 11.7. The van der Waals surface area contributed by atoms with Gasteiger partial charge in [-0.2, -0.15) is 13.2 Å². The van der Waals surface area contributed by atoms with Gasteiger partial charge in [-0.1, -0.05) is 20.8 Å². The molecule has 0 aliphatic carbocycles. The molecule has 1 amide bonds. The van der Waals surface area contributed by atoms with Crippen molar-refractivity contribution in [2.45, 2.75) is 33.0 Å². The highest BCUT2D eigenvalue weighted by Gasteiger charge is 2.32. The predicted octanol–water partition coefficient (Wildman–Crippen LogP) is 2.13. The number of nitrogens with one attached hydrogen (secondary N) is 2. The summed E-state index contributed by atoms with van der Waals surface area (Å²) in [5.41, 5.74) is 2.72. The molecule has 0 aliphatic rings. The standard InChI is InChI=1S/C12H16F3N3O2.ClH/c1-11(2,3)8(16)10(20)18-7-4-6(12(13,14)15)5-17-9(7)19;/h4-5,8H,16H2,1-3H3,(H,17,19)(H,18,20);1H/t8-;/m1./s1. The predicted molar refractivity (Wildman–Crippen MR) is 75.4 cm³/mol. The zero-order chi connectivity index (χ0) is 15.7. The minimum absolute atomic E-state index is 0. The average Bonchev–Trinajstić information content (AvgIpc) is 2.28. The summed E-state index contributed by atoms with van der Waals surface area (Å²) in [6, 6.07) is -0.386. The molecular formula is C12H17ClF3N3O2. The van der Waals surface area contributed by atoms with E-state index < -0.39 is 40.4 Å². The van der Waals surface area contributed by atoms with Crippen molar-refractivity contribution in [3.8, 4) is 0 Å². The van der Waals surface area contributed by atoms with E-state index in [-0.39, 0.29) is 12.4 Å². The van der Waals surface area contributed by atoms with Crippen LogP contribution in [0.3, 0.4) is 0 Å². The van der Waals surface area contributed by atoms with Gasteiger partial charge in [0.15, 0.2) is 0 Å². The van der Waals surface area contributed by atoms with Crippen molar-refractivity contribution >= 4 is 24.0 Å². The summed E-state index contributed by atoms with van der Waals surface area (Å²) in [7, 11) is 0. The highest BCUT2D eigenvalue weighted by molar-refractivity contribution is 5.95. The van der Waals surface area contributed by atoms with E-state index in [1.807, 2.05) is 4.98 Å². The second-order valence-electron chi connectivity index (χ2n) is 5.46. The molecule has 1 atom stereocenters. The number of halogens is 4. The molecule has 1 aromatic heterocycles. The number of aromatic amines is 1. The number of rotatable bonds is 2. The van der Waals surface area contributed by atoms with Crippen LogP contribution in [0.5, 0.6) is 0 Å². The van der Waals surface area contributed by atoms with E-state index in [0.717, 1.165) is 0 Å². The second kappa shape index (κ2) is 6.48. The van der Waals surface area contributed by atoms with Crippen LogP contribution < -0.4 is 16.6 Å². The number of alkyl halides is 3. The van der Waals surface area contributed by atoms with E-state index in [9.17, 15) is 22.8 Å². The number of aromatic nitrogens is 1. The fourth-order valence-corrected chi connectivity index (χ4v) is 1.34. The number of carbonyl (C=O) groups excluding carboxylic acids is 1. The fraction of sp³-hybridized carbons (Fsp3) is 0.500. The Morgan fingerprint density at radius 3 is 2.29 bits per heavy atom. The maximum absolute atomic E-state index is 12.5. The van der Waals surface area contributed by atoms with Crippen LogP contribution in [0, 0.1) is 5.41 Å². The van der Waals surface area contributed by atoms with Crippen molar-refractivity contribution in [1.29, 1.82) is 0 Å². The van der Waals surface area contributed by atoms with Crippen LogP contribution in [0.25, 0.3) is 0 Å². The molecule has 1 rings (SSSR count). The summed E-state index contributed by atoms with van der Waals surface area (Å²) in [5, 5.41) is 2.12. The third kappa shape index (κ3) is 5.05. The summed E-state index contributed by atoms with van der Waals surface area (Å²) in [4.78, 5) is 25.2. The Kier molecular flexibility index (Phi) is 6.01. The van der Waals surface area contributed by atoms with Gasteiger partial charge in [-0.25, -0.2) is 0 Å². The molecule has 0 fully saturated rings. The van der Waals surface area contributed by atoms with Gasteiger partial charge in [0.1, 0.15) is 5.69 Å². The Morgan fingerprint density at radius 2 is 1.86 bits per heavy atom. The quantitative estimate of drug-likeness (QED) is 0.777. The van der Waals surface area contributed by atoms with Gasteiger partial charge in [0.25, 0.3) is 5.56 Å². The second-order valence-corrected chi connectivity index (χ2v) is 5.46. The third-order valence-electron chi connectivity index (χ3n) is 2.70. The number of H-pyrrole nitrogens is 1. The molecule has 4 N–H and O–H groups in total. The Hall–Kier alpha value is -1.54. The monoisotopic (exact) mass is 327 g/mol. The van der Waals surface area contributed by atoms with Gasteiger partial charge in [0.05, 0.1) is 11.6 Å². The lowest BCUT2D eigenvalue weighted by atomic mass is 9.87. The number of amides is 1. The molecule has 120 valence electrons. The SMILES string of the molecule is CC(C)(C)[C@H](N)C(=O)Nc1cc(C(F)(F)F)c[nH]c1=O.Cl. The van der Waals surface area contributed by atoms with Crippen LogP contribution in [0.2, 0.25) is 0 Å². The van der Waals surface area contributed by atoms with Gasteiger partial charge in [-0.05, 0) is 11.5 Å². The zero-order valence-corrected chi connectivity index (χ0v) is 12.5. The molecule has 9 heteroatoms. The van der Waals surface area contributed by atoms with Crippen LogP contribution in [0.15, 0.2) is 17.1 Å².